The van der Waals surface area contributed by atoms with E-state index in [0.29, 0.717) is 6.04 Å². The Balaban J connectivity index is 1.63. The molecule has 0 spiro atoms. The third-order valence-electron chi connectivity index (χ3n) is 3.65. The van der Waals surface area contributed by atoms with Crippen LogP contribution in [0, 0.1) is 0 Å². The van der Waals surface area contributed by atoms with Crippen LogP contribution in [0.1, 0.15) is 12.8 Å². The summed E-state index contributed by atoms with van der Waals surface area (Å²) in [6.45, 7) is 2.38. The summed E-state index contributed by atoms with van der Waals surface area (Å²) in [5.74, 6) is 0. The largest absolute Gasteiger partial charge is 0.382 e. The highest BCUT2D eigenvalue weighted by molar-refractivity contribution is 7.13. The van der Waals surface area contributed by atoms with Gasteiger partial charge in [-0.25, -0.2) is 4.98 Å². The number of hydrogen-bond donors (Lipinski definition) is 1. The van der Waals surface area contributed by atoms with Gasteiger partial charge in [-0.05, 0) is 57.2 Å². The second-order valence-corrected chi connectivity index (χ2v) is 6.03. The zero-order valence-electron chi connectivity index (χ0n) is 11.2. The summed E-state index contributed by atoms with van der Waals surface area (Å²) in [5, 5.41) is 6.73. The number of rotatable bonds is 3. The van der Waals surface area contributed by atoms with Crippen LogP contribution in [0.4, 0.5) is 5.69 Å². The lowest BCUT2D eigenvalue weighted by molar-refractivity contribution is 0.264. The fourth-order valence-electron chi connectivity index (χ4n) is 2.46. The van der Waals surface area contributed by atoms with Crippen molar-refractivity contribution < 1.29 is 0 Å². The second-order valence-electron chi connectivity index (χ2n) is 5.14. The van der Waals surface area contributed by atoms with Crippen molar-refractivity contribution in [3.63, 3.8) is 0 Å². The van der Waals surface area contributed by atoms with Crippen LogP contribution in [0.25, 0.3) is 10.6 Å². The molecule has 1 aromatic heterocycles. The van der Waals surface area contributed by atoms with E-state index in [0.717, 1.165) is 5.01 Å². The fourth-order valence-corrected chi connectivity index (χ4v) is 3.11. The third-order valence-corrected chi connectivity index (χ3v) is 4.48. The van der Waals surface area contributed by atoms with Crippen LogP contribution in [0.3, 0.4) is 0 Å². The number of benzene rings is 1. The standard InChI is InChI=1S/C15H19N3S/c1-18-9-6-14(7-10-18)17-13-4-2-12(3-5-13)15-16-8-11-19-15/h2-5,8,11,14,17H,6-7,9-10H2,1H3. The average molecular weight is 273 g/mol. The van der Waals surface area contributed by atoms with Crippen molar-refractivity contribution >= 4 is 17.0 Å². The molecule has 0 amide bonds. The molecule has 0 saturated carbocycles. The summed E-state index contributed by atoms with van der Waals surface area (Å²) in [6, 6.07) is 9.23. The first-order chi connectivity index (χ1) is 9.31. The summed E-state index contributed by atoms with van der Waals surface area (Å²) in [4.78, 5) is 6.73. The number of piperidine rings is 1. The fraction of sp³-hybridized carbons (Fsp3) is 0.400. The smallest absolute Gasteiger partial charge is 0.123 e. The van der Waals surface area contributed by atoms with Crippen molar-refractivity contribution in [3.05, 3.63) is 35.8 Å². The molecule has 100 valence electrons. The van der Waals surface area contributed by atoms with Gasteiger partial charge in [-0.2, -0.15) is 0 Å². The maximum atomic E-state index is 4.33. The minimum absolute atomic E-state index is 0.613. The number of likely N-dealkylation sites (tertiary alicyclic amines) is 1. The van der Waals surface area contributed by atoms with Gasteiger partial charge in [0.25, 0.3) is 0 Å². The van der Waals surface area contributed by atoms with E-state index in [1.54, 1.807) is 11.3 Å². The van der Waals surface area contributed by atoms with Crippen LogP contribution in [0.2, 0.25) is 0 Å². The molecule has 1 aromatic carbocycles. The van der Waals surface area contributed by atoms with E-state index < -0.39 is 0 Å². The van der Waals surface area contributed by atoms with E-state index in [2.05, 4.69) is 46.5 Å². The number of nitrogens with zero attached hydrogens (tertiary/aromatic N) is 2. The van der Waals surface area contributed by atoms with Crippen molar-refractivity contribution in [2.24, 2.45) is 0 Å². The van der Waals surface area contributed by atoms with E-state index in [1.807, 2.05) is 11.6 Å². The Labute approximate surface area is 118 Å². The number of nitrogens with one attached hydrogen (secondary N) is 1. The first-order valence-corrected chi connectivity index (χ1v) is 7.64. The number of anilines is 1. The van der Waals surface area contributed by atoms with Gasteiger partial charge in [0.2, 0.25) is 0 Å². The average Bonchev–Trinajstić information content (AvgIpc) is 2.96. The van der Waals surface area contributed by atoms with Crippen molar-refractivity contribution in [1.82, 2.24) is 9.88 Å². The highest BCUT2D eigenvalue weighted by Crippen LogP contribution is 2.24. The van der Waals surface area contributed by atoms with Crippen molar-refractivity contribution in [2.45, 2.75) is 18.9 Å². The first-order valence-electron chi connectivity index (χ1n) is 6.76. The predicted molar refractivity (Wildman–Crippen MR) is 81.7 cm³/mol. The minimum Gasteiger partial charge on any atom is -0.382 e. The Morgan fingerprint density at radius 1 is 1.21 bits per heavy atom. The van der Waals surface area contributed by atoms with E-state index in [-0.39, 0.29) is 0 Å². The predicted octanol–water partition coefficient (Wildman–Crippen LogP) is 3.32. The van der Waals surface area contributed by atoms with E-state index >= 15 is 0 Å². The molecule has 1 N–H and O–H groups in total. The molecule has 0 atom stereocenters. The molecule has 1 aliphatic heterocycles. The van der Waals surface area contributed by atoms with E-state index in [1.165, 1.54) is 37.2 Å². The molecular weight excluding hydrogens is 254 g/mol. The van der Waals surface area contributed by atoms with Crippen molar-refractivity contribution in [2.75, 3.05) is 25.5 Å². The normalized spacial score (nSPS) is 17.5. The monoisotopic (exact) mass is 273 g/mol. The molecule has 2 aromatic rings. The molecule has 0 unspecified atom stereocenters. The molecule has 1 fully saturated rings. The Kier molecular flexibility index (Phi) is 3.80. The van der Waals surface area contributed by atoms with Gasteiger partial charge in [0.15, 0.2) is 0 Å². The molecule has 4 heteroatoms. The molecule has 0 aliphatic carbocycles. The SMILES string of the molecule is CN1CCC(Nc2ccc(-c3nccs3)cc2)CC1. The molecule has 3 nitrogen and oxygen atoms in total. The summed E-state index contributed by atoms with van der Waals surface area (Å²) >= 11 is 1.68. The first kappa shape index (κ1) is 12.6. The maximum absolute atomic E-state index is 4.33. The Morgan fingerprint density at radius 2 is 1.95 bits per heavy atom. The van der Waals surface area contributed by atoms with Crippen LogP contribution < -0.4 is 5.32 Å². The molecule has 3 rings (SSSR count). The minimum atomic E-state index is 0.613. The van der Waals surface area contributed by atoms with Gasteiger partial charge in [-0.3, -0.25) is 0 Å². The summed E-state index contributed by atoms with van der Waals surface area (Å²) in [6.07, 6.45) is 4.31. The van der Waals surface area contributed by atoms with Crippen LogP contribution >= 0.6 is 11.3 Å². The van der Waals surface area contributed by atoms with Crippen LogP contribution in [-0.4, -0.2) is 36.1 Å². The quantitative estimate of drug-likeness (QED) is 0.930. The van der Waals surface area contributed by atoms with Gasteiger partial charge in [0.05, 0.1) is 0 Å². The lowest BCUT2D eigenvalue weighted by atomic mass is 10.1. The highest BCUT2D eigenvalue weighted by atomic mass is 32.1. The lowest BCUT2D eigenvalue weighted by Crippen LogP contribution is -2.36. The van der Waals surface area contributed by atoms with Gasteiger partial charge in [-0.1, -0.05) is 0 Å². The topological polar surface area (TPSA) is 28.2 Å². The van der Waals surface area contributed by atoms with Crippen LogP contribution in [0.5, 0.6) is 0 Å². The molecular formula is C15H19N3S. The van der Waals surface area contributed by atoms with Gasteiger partial charge in [0.1, 0.15) is 5.01 Å². The molecule has 1 saturated heterocycles. The Morgan fingerprint density at radius 3 is 2.58 bits per heavy atom. The summed E-state index contributed by atoms with van der Waals surface area (Å²) < 4.78 is 0. The van der Waals surface area contributed by atoms with Gasteiger partial charge in [-0.15, -0.1) is 11.3 Å². The second kappa shape index (κ2) is 5.72. The highest BCUT2D eigenvalue weighted by Gasteiger charge is 2.16. The Bertz CT molecular complexity index is 499. The van der Waals surface area contributed by atoms with E-state index in [9.17, 15) is 0 Å². The molecule has 1 aliphatic rings. The van der Waals surface area contributed by atoms with E-state index in [4.69, 9.17) is 0 Å². The van der Waals surface area contributed by atoms with Gasteiger partial charge in [0, 0.05) is 28.9 Å². The molecule has 19 heavy (non-hydrogen) atoms. The zero-order valence-corrected chi connectivity index (χ0v) is 12.0. The van der Waals surface area contributed by atoms with Crippen LogP contribution in [-0.2, 0) is 0 Å². The molecule has 0 radical (unpaired) electrons. The number of aromatic nitrogens is 1. The van der Waals surface area contributed by atoms with Crippen molar-refractivity contribution in [1.29, 1.82) is 0 Å². The van der Waals surface area contributed by atoms with Crippen LogP contribution in [0.15, 0.2) is 35.8 Å². The summed E-state index contributed by atoms with van der Waals surface area (Å²) in [7, 11) is 2.19. The molecule has 0 bridgehead atoms. The number of thiazole rings is 1. The Hall–Kier alpha value is -1.39. The molecule has 2 heterocycles. The maximum Gasteiger partial charge on any atom is 0.123 e. The third kappa shape index (κ3) is 3.14. The van der Waals surface area contributed by atoms with Crippen molar-refractivity contribution in [3.8, 4) is 10.6 Å². The number of hydrogen-bond acceptors (Lipinski definition) is 4. The van der Waals surface area contributed by atoms with Gasteiger partial charge >= 0.3 is 0 Å². The van der Waals surface area contributed by atoms with Gasteiger partial charge < -0.3 is 10.2 Å². The summed E-state index contributed by atoms with van der Waals surface area (Å²) in [5.41, 5.74) is 2.42. The lowest BCUT2D eigenvalue weighted by Gasteiger charge is -2.30. The zero-order chi connectivity index (χ0) is 13.1.